The molecule has 142 valence electrons. The first-order valence-electron chi connectivity index (χ1n) is 9.62. The van der Waals surface area contributed by atoms with E-state index in [-0.39, 0.29) is 5.16 Å². The lowest BCUT2D eigenvalue weighted by Crippen LogP contribution is -2.03. The minimum Gasteiger partial charge on any atom is -0.226 e. The normalized spacial score (nSPS) is 11.6. The predicted molar refractivity (Wildman–Crippen MR) is 107 cm³/mol. The molecule has 0 fully saturated rings. The summed E-state index contributed by atoms with van der Waals surface area (Å²) in [6.07, 6.45) is 16.0. The van der Waals surface area contributed by atoms with Crippen LogP contribution in [0, 0.1) is 0 Å². The van der Waals surface area contributed by atoms with Crippen LogP contribution in [-0.2, 0) is 16.3 Å². The van der Waals surface area contributed by atoms with Gasteiger partial charge in [-0.1, -0.05) is 76.1 Å². The zero-order valence-electron chi connectivity index (χ0n) is 15.9. The lowest BCUT2D eigenvalue weighted by Gasteiger charge is -2.05. The lowest BCUT2D eigenvalue weighted by atomic mass is 10.0. The molecular weight excluding hydrogens is 344 g/mol. The molecule has 0 bridgehead atoms. The van der Waals surface area contributed by atoms with Gasteiger partial charge in [0.2, 0.25) is 15.0 Å². The third kappa shape index (κ3) is 6.87. The zero-order valence-corrected chi connectivity index (χ0v) is 16.8. The number of aryl methyl sites for hydroxylation is 1. The standard InChI is InChI=1S/C21H30N2O2S/c1-3-4-5-6-7-8-9-10-11-18-12-14-19(15-13-18)20-16-22-21(23-17-20)26(2,24)25/h12-17H,3-11H2,1-2H3. The van der Waals surface area contributed by atoms with Crippen LogP contribution in [0.25, 0.3) is 11.1 Å². The Balaban J connectivity index is 1.77. The largest absolute Gasteiger partial charge is 0.246 e. The molecule has 0 saturated heterocycles. The maximum Gasteiger partial charge on any atom is 0.246 e. The minimum atomic E-state index is -3.35. The molecule has 2 aromatic rings. The van der Waals surface area contributed by atoms with E-state index in [9.17, 15) is 8.42 Å². The molecule has 0 saturated carbocycles. The molecule has 4 nitrogen and oxygen atoms in total. The van der Waals surface area contributed by atoms with E-state index in [1.54, 1.807) is 12.4 Å². The van der Waals surface area contributed by atoms with E-state index in [0.29, 0.717) is 0 Å². The van der Waals surface area contributed by atoms with E-state index in [1.807, 2.05) is 0 Å². The minimum absolute atomic E-state index is 0.132. The molecule has 0 atom stereocenters. The molecule has 26 heavy (non-hydrogen) atoms. The van der Waals surface area contributed by atoms with Crippen LogP contribution in [0.4, 0.5) is 0 Å². The number of nitrogens with zero attached hydrogens (tertiary/aromatic N) is 2. The molecule has 0 amide bonds. The maximum absolute atomic E-state index is 11.4. The fraction of sp³-hybridized carbons (Fsp3) is 0.524. The summed E-state index contributed by atoms with van der Waals surface area (Å²) in [4.78, 5) is 7.89. The van der Waals surface area contributed by atoms with Crippen LogP contribution in [-0.4, -0.2) is 24.6 Å². The Morgan fingerprint density at radius 1 is 0.769 bits per heavy atom. The number of hydrogen-bond acceptors (Lipinski definition) is 4. The molecule has 0 aliphatic heterocycles. The topological polar surface area (TPSA) is 59.9 Å². The molecule has 0 N–H and O–H groups in total. The summed E-state index contributed by atoms with van der Waals surface area (Å²) in [6, 6.07) is 8.39. The van der Waals surface area contributed by atoms with Gasteiger partial charge in [0.15, 0.2) is 0 Å². The van der Waals surface area contributed by atoms with E-state index in [4.69, 9.17) is 0 Å². The van der Waals surface area contributed by atoms with Crippen molar-refractivity contribution in [3.05, 3.63) is 42.2 Å². The number of benzene rings is 1. The zero-order chi connectivity index (χ0) is 18.8. The number of unbranched alkanes of at least 4 members (excludes halogenated alkanes) is 7. The fourth-order valence-corrected chi connectivity index (χ4v) is 3.47. The van der Waals surface area contributed by atoms with Crippen molar-refractivity contribution in [2.45, 2.75) is 69.9 Å². The summed E-state index contributed by atoms with van der Waals surface area (Å²) >= 11 is 0. The SMILES string of the molecule is CCCCCCCCCCc1ccc(-c2cnc(S(C)(=O)=O)nc2)cc1. The maximum atomic E-state index is 11.4. The van der Waals surface area contributed by atoms with Gasteiger partial charge in [-0.3, -0.25) is 0 Å². The second-order valence-corrected chi connectivity index (χ2v) is 8.86. The van der Waals surface area contributed by atoms with Crippen LogP contribution >= 0.6 is 0 Å². The van der Waals surface area contributed by atoms with Crippen molar-refractivity contribution in [3.8, 4) is 11.1 Å². The van der Waals surface area contributed by atoms with Crippen molar-refractivity contribution in [2.24, 2.45) is 0 Å². The van der Waals surface area contributed by atoms with E-state index < -0.39 is 9.84 Å². The summed E-state index contributed by atoms with van der Waals surface area (Å²) in [5.41, 5.74) is 3.18. The highest BCUT2D eigenvalue weighted by atomic mass is 32.2. The van der Waals surface area contributed by atoms with E-state index in [0.717, 1.165) is 23.8 Å². The monoisotopic (exact) mass is 374 g/mol. The summed E-state index contributed by atoms with van der Waals surface area (Å²) < 4.78 is 22.8. The highest BCUT2D eigenvalue weighted by Crippen LogP contribution is 2.20. The van der Waals surface area contributed by atoms with Crippen molar-refractivity contribution < 1.29 is 8.42 Å². The summed E-state index contributed by atoms with van der Waals surface area (Å²) in [5.74, 6) is 0. The Morgan fingerprint density at radius 2 is 1.31 bits per heavy atom. The van der Waals surface area contributed by atoms with Crippen molar-refractivity contribution >= 4 is 9.84 Å². The van der Waals surface area contributed by atoms with Gasteiger partial charge in [0.1, 0.15) is 0 Å². The molecule has 0 spiro atoms. The first-order valence-corrected chi connectivity index (χ1v) is 11.5. The second kappa shape index (κ2) is 10.4. The highest BCUT2D eigenvalue weighted by Gasteiger charge is 2.10. The van der Waals surface area contributed by atoms with E-state index in [2.05, 4.69) is 41.2 Å². The van der Waals surface area contributed by atoms with Crippen LogP contribution in [0.15, 0.2) is 41.8 Å². The first-order chi connectivity index (χ1) is 12.5. The molecule has 1 aromatic heterocycles. The van der Waals surface area contributed by atoms with Gasteiger partial charge in [-0.15, -0.1) is 0 Å². The van der Waals surface area contributed by atoms with Gasteiger partial charge in [-0.25, -0.2) is 18.4 Å². The van der Waals surface area contributed by atoms with Crippen LogP contribution in [0.2, 0.25) is 0 Å². The van der Waals surface area contributed by atoms with Gasteiger partial charge in [-0.2, -0.15) is 0 Å². The molecular formula is C21H30N2O2S. The van der Waals surface area contributed by atoms with Gasteiger partial charge >= 0.3 is 0 Å². The van der Waals surface area contributed by atoms with Crippen LogP contribution in [0.1, 0.15) is 63.9 Å². The van der Waals surface area contributed by atoms with Crippen molar-refractivity contribution in [3.63, 3.8) is 0 Å². The van der Waals surface area contributed by atoms with Gasteiger partial charge in [0, 0.05) is 24.2 Å². The van der Waals surface area contributed by atoms with Gasteiger partial charge in [0.05, 0.1) is 0 Å². The molecule has 0 unspecified atom stereocenters. The van der Waals surface area contributed by atoms with Crippen molar-refractivity contribution in [1.82, 2.24) is 9.97 Å². The van der Waals surface area contributed by atoms with Gasteiger partial charge in [-0.05, 0) is 24.0 Å². The average molecular weight is 375 g/mol. The molecule has 1 aromatic carbocycles. The fourth-order valence-electron chi connectivity index (χ4n) is 2.98. The molecule has 2 rings (SSSR count). The Bertz CT molecular complexity index is 754. The average Bonchev–Trinajstić information content (AvgIpc) is 2.64. The smallest absolute Gasteiger partial charge is 0.226 e. The molecule has 0 aliphatic rings. The van der Waals surface area contributed by atoms with E-state index >= 15 is 0 Å². The Hall–Kier alpha value is -1.75. The molecule has 0 radical (unpaired) electrons. The summed E-state index contributed by atoms with van der Waals surface area (Å²) in [6.45, 7) is 2.25. The predicted octanol–water partition coefficient (Wildman–Crippen LogP) is 5.23. The van der Waals surface area contributed by atoms with Crippen molar-refractivity contribution in [1.29, 1.82) is 0 Å². The molecule has 5 heteroatoms. The van der Waals surface area contributed by atoms with Crippen LogP contribution in [0.3, 0.4) is 0 Å². The number of hydrogen-bond donors (Lipinski definition) is 0. The van der Waals surface area contributed by atoms with Crippen LogP contribution in [0.5, 0.6) is 0 Å². The lowest BCUT2D eigenvalue weighted by molar-refractivity contribution is 0.575. The van der Waals surface area contributed by atoms with Crippen LogP contribution < -0.4 is 0 Å². The highest BCUT2D eigenvalue weighted by molar-refractivity contribution is 7.90. The third-order valence-electron chi connectivity index (χ3n) is 4.57. The summed E-state index contributed by atoms with van der Waals surface area (Å²) in [7, 11) is -3.35. The Morgan fingerprint density at radius 3 is 1.85 bits per heavy atom. The third-order valence-corrected chi connectivity index (χ3v) is 5.44. The van der Waals surface area contributed by atoms with Crippen molar-refractivity contribution in [2.75, 3.05) is 6.26 Å². The quantitative estimate of drug-likeness (QED) is 0.399. The first kappa shape index (κ1) is 20.6. The molecule has 0 aliphatic carbocycles. The Kier molecular flexibility index (Phi) is 8.23. The van der Waals surface area contributed by atoms with Gasteiger partial charge < -0.3 is 0 Å². The summed E-state index contributed by atoms with van der Waals surface area (Å²) in [5, 5.41) is -0.132. The molecule has 1 heterocycles. The number of aromatic nitrogens is 2. The number of sulfone groups is 1. The Labute approximate surface area is 158 Å². The van der Waals surface area contributed by atoms with E-state index in [1.165, 1.54) is 56.9 Å². The van der Waals surface area contributed by atoms with Gasteiger partial charge in [0.25, 0.3) is 0 Å². The number of rotatable bonds is 11. The second-order valence-electron chi connectivity index (χ2n) is 6.95.